The third kappa shape index (κ3) is 4.25. The van der Waals surface area contributed by atoms with E-state index in [0.29, 0.717) is 5.56 Å². The average molecular weight is 414 g/mol. The molecule has 1 heterocycles. The fourth-order valence-electron chi connectivity index (χ4n) is 3.46. The molecule has 0 atom stereocenters. The lowest BCUT2D eigenvalue weighted by Crippen LogP contribution is -2.34. The minimum atomic E-state index is -0.393. The van der Waals surface area contributed by atoms with E-state index >= 15 is 0 Å². The van der Waals surface area contributed by atoms with Gasteiger partial charge in [0.05, 0.1) is 16.6 Å². The molecule has 31 heavy (non-hydrogen) atoms. The Labute approximate surface area is 179 Å². The first-order chi connectivity index (χ1) is 15.0. The van der Waals surface area contributed by atoms with Crippen LogP contribution in [0.5, 0.6) is 5.75 Å². The molecule has 2 amide bonds. The van der Waals surface area contributed by atoms with E-state index in [9.17, 15) is 14.7 Å². The summed E-state index contributed by atoms with van der Waals surface area (Å²) in [5, 5.41) is 15.2. The molecule has 7 heteroatoms. The number of nitrogens with one attached hydrogen (secondary N) is 2. The number of phenolic OH excluding ortho intramolecular Hbond substituents is 1. The second kappa shape index (κ2) is 8.71. The van der Waals surface area contributed by atoms with Crippen LogP contribution >= 0.6 is 0 Å². The van der Waals surface area contributed by atoms with Gasteiger partial charge in [0.1, 0.15) is 11.6 Å². The van der Waals surface area contributed by atoms with Crippen molar-refractivity contribution in [3.63, 3.8) is 0 Å². The van der Waals surface area contributed by atoms with Crippen LogP contribution < -0.4 is 10.6 Å². The number of imidazole rings is 1. The molecule has 0 saturated heterocycles. The molecule has 3 N–H and O–H groups in total. The molecule has 0 aliphatic rings. The zero-order valence-corrected chi connectivity index (χ0v) is 17.0. The SMILES string of the molecule is Cc1nc2cc(C(=O)NCCNC(=O)c3ccccc3O)ccc2n1-c1ccccc1. The van der Waals surface area contributed by atoms with Gasteiger partial charge in [-0.05, 0) is 49.4 Å². The summed E-state index contributed by atoms with van der Waals surface area (Å²) in [5.41, 5.74) is 3.37. The summed E-state index contributed by atoms with van der Waals surface area (Å²) in [6.07, 6.45) is 0. The summed E-state index contributed by atoms with van der Waals surface area (Å²) in [5.74, 6) is 0.120. The van der Waals surface area contributed by atoms with E-state index in [1.807, 2.05) is 47.9 Å². The Bertz CT molecular complexity index is 1250. The number of aromatic nitrogens is 2. The fourth-order valence-corrected chi connectivity index (χ4v) is 3.46. The van der Waals surface area contributed by atoms with Crippen LogP contribution in [0.25, 0.3) is 16.7 Å². The number of para-hydroxylation sites is 2. The molecule has 156 valence electrons. The van der Waals surface area contributed by atoms with Gasteiger partial charge in [-0.15, -0.1) is 0 Å². The van der Waals surface area contributed by atoms with Gasteiger partial charge in [0.2, 0.25) is 0 Å². The molecule has 0 aliphatic carbocycles. The predicted octanol–water partition coefficient (Wildman–Crippen LogP) is 3.20. The predicted molar refractivity (Wildman–Crippen MR) is 119 cm³/mol. The number of aromatic hydroxyl groups is 1. The van der Waals surface area contributed by atoms with Gasteiger partial charge < -0.3 is 15.7 Å². The molecule has 0 spiro atoms. The van der Waals surface area contributed by atoms with E-state index in [-0.39, 0.29) is 30.3 Å². The van der Waals surface area contributed by atoms with Crippen LogP contribution in [0, 0.1) is 6.92 Å². The lowest BCUT2D eigenvalue weighted by Gasteiger charge is -2.09. The van der Waals surface area contributed by atoms with Crippen molar-refractivity contribution in [3.05, 3.63) is 89.7 Å². The molecular weight excluding hydrogens is 392 g/mol. The molecule has 0 unspecified atom stereocenters. The van der Waals surface area contributed by atoms with Crippen molar-refractivity contribution in [1.82, 2.24) is 20.2 Å². The molecular formula is C24H22N4O3. The van der Waals surface area contributed by atoms with Gasteiger partial charge in [0.25, 0.3) is 11.8 Å². The van der Waals surface area contributed by atoms with E-state index < -0.39 is 5.91 Å². The van der Waals surface area contributed by atoms with Crippen molar-refractivity contribution in [2.45, 2.75) is 6.92 Å². The third-order valence-electron chi connectivity index (χ3n) is 4.94. The van der Waals surface area contributed by atoms with E-state index in [1.165, 1.54) is 12.1 Å². The number of benzene rings is 3. The highest BCUT2D eigenvalue weighted by Crippen LogP contribution is 2.22. The molecule has 0 bridgehead atoms. The van der Waals surface area contributed by atoms with Crippen LogP contribution in [-0.2, 0) is 0 Å². The molecule has 3 aromatic carbocycles. The largest absolute Gasteiger partial charge is 0.507 e. The maximum absolute atomic E-state index is 12.5. The summed E-state index contributed by atoms with van der Waals surface area (Å²) >= 11 is 0. The second-order valence-electron chi connectivity index (χ2n) is 7.06. The van der Waals surface area contributed by atoms with E-state index in [1.54, 1.807) is 24.3 Å². The van der Waals surface area contributed by atoms with Crippen LogP contribution in [0.2, 0.25) is 0 Å². The summed E-state index contributed by atoms with van der Waals surface area (Å²) in [7, 11) is 0. The van der Waals surface area contributed by atoms with Crippen LogP contribution in [0.4, 0.5) is 0 Å². The minimum absolute atomic E-state index is 0.0810. The van der Waals surface area contributed by atoms with E-state index in [0.717, 1.165) is 22.5 Å². The van der Waals surface area contributed by atoms with Gasteiger partial charge in [-0.2, -0.15) is 0 Å². The van der Waals surface area contributed by atoms with Crippen molar-refractivity contribution >= 4 is 22.8 Å². The molecule has 0 aliphatic heterocycles. The van der Waals surface area contributed by atoms with Crippen molar-refractivity contribution < 1.29 is 14.7 Å². The van der Waals surface area contributed by atoms with Gasteiger partial charge in [-0.25, -0.2) is 4.98 Å². The molecule has 1 aromatic heterocycles. The fraction of sp³-hybridized carbons (Fsp3) is 0.125. The standard InChI is InChI=1S/C24H22N4O3/c1-16-27-20-15-17(11-12-21(20)28(16)18-7-3-2-4-8-18)23(30)25-13-14-26-24(31)19-9-5-6-10-22(19)29/h2-12,15,29H,13-14H2,1H3,(H,25,30)(H,26,31). The molecule has 4 aromatic rings. The molecule has 0 saturated carbocycles. The number of hydrogen-bond donors (Lipinski definition) is 3. The quantitative estimate of drug-likeness (QED) is 0.422. The van der Waals surface area contributed by atoms with Crippen molar-refractivity contribution in [2.24, 2.45) is 0 Å². The minimum Gasteiger partial charge on any atom is -0.507 e. The number of nitrogens with zero attached hydrogens (tertiary/aromatic N) is 2. The summed E-state index contributed by atoms with van der Waals surface area (Å²) < 4.78 is 2.05. The second-order valence-corrected chi connectivity index (χ2v) is 7.06. The highest BCUT2D eigenvalue weighted by Gasteiger charge is 2.13. The lowest BCUT2D eigenvalue weighted by atomic mass is 10.2. The van der Waals surface area contributed by atoms with Crippen molar-refractivity contribution in [1.29, 1.82) is 0 Å². The summed E-state index contributed by atoms with van der Waals surface area (Å²) in [4.78, 5) is 29.2. The number of fused-ring (bicyclic) bond motifs is 1. The summed E-state index contributed by atoms with van der Waals surface area (Å²) in [6, 6.07) is 21.7. The highest BCUT2D eigenvalue weighted by atomic mass is 16.3. The Kier molecular flexibility index (Phi) is 5.66. The van der Waals surface area contributed by atoms with Gasteiger partial charge >= 0.3 is 0 Å². The number of carbonyl (C=O) groups excluding carboxylic acids is 2. The van der Waals surface area contributed by atoms with Crippen LogP contribution in [0.1, 0.15) is 26.5 Å². The van der Waals surface area contributed by atoms with Crippen LogP contribution in [0.3, 0.4) is 0 Å². The first kappa shape index (κ1) is 20.2. The average Bonchev–Trinajstić information content (AvgIpc) is 3.12. The Morgan fingerprint density at radius 3 is 2.32 bits per heavy atom. The van der Waals surface area contributed by atoms with Crippen molar-refractivity contribution in [2.75, 3.05) is 13.1 Å². The smallest absolute Gasteiger partial charge is 0.255 e. The maximum atomic E-state index is 12.5. The van der Waals surface area contributed by atoms with E-state index in [4.69, 9.17) is 0 Å². The van der Waals surface area contributed by atoms with Crippen LogP contribution in [0.15, 0.2) is 72.8 Å². The topological polar surface area (TPSA) is 96.2 Å². The zero-order valence-electron chi connectivity index (χ0n) is 17.0. The normalized spacial score (nSPS) is 10.7. The maximum Gasteiger partial charge on any atom is 0.255 e. The monoisotopic (exact) mass is 414 g/mol. The van der Waals surface area contributed by atoms with Gasteiger partial charge in [-0.1, -0.05) is 30.3 Å². The van der Waals surface area contributed by atoms with Gasteiger partial charge in [-0.3, -0.25) is 14.2 Å². The van der Waals surface area contributed by atoms with Crippen LogP contribution in [-0.4, -0.2) is 39.6 Å². The molecule has 0 radical (unpaired) electrons. The lowest BCUT2D eigenvalue weighted by molar-refractivity contribution is 0.0926. The number of phenols is 1. The Hall–Kier alpha value is -4.13. The number of rotatable bonds is 6. The molecule has 0 fully saturated rings. The summed E-state index contributed by atoms with van der Waals surface area (Å²) in [6.45, 7) is 2.43. The third-order valence-corrected chi connectivity index (χ3v) is 4.94. The Morgan fingerprint density at radius 1 is 0.903 bits per heavy atom. The number of hydrogen-bond acceptors (Lipinski definition) is 4. The number of amides is 2. The number of carbonyl (C=O) groups is 2. The highest BCUT2D eigenvalue weighted by molar-refractivity contribution is 5.98. The first-order valence-corrected chi connectivity index (χ1v) is 9.93. The Morgan fingerprint density at radius 2 is 1.58 bits per heavy atom. The van der Waals surface area contributed by atoms with Gasteiger partial charge in [0, 0.05) is 24.3 Å². The Balaban J connectivity index is 1.39. The van der Waals surface area contributed by atoms with Gasteiger partial charge in [0.15, 0.2) is 0 Å². The van der Waals surface area contributed by atoms with E-state index in [2.05, 4.69) is 15.6 Å². The molecule has 7 nitrogen and oxygen atoms in total. The first-order valence-electron chi connectivity index (χ1n) is 9.93. The number of aryl methyl sites for hydroxylation is 1. The van der Waals surface area contributed by atoms with Crippen molar-refractivity contribution in [3.8, 4) is 11.4 Å². The molecule has 4 rings (SSSR count). The zero-order chi connectivity index (χ0) is 21.8.